The van der Waals surface area contributed by atoms with E-state index in [1.165, 1.54) is 6.04 Å². The Morgan fingerprint density at radius 3 is 2.05 bits per heavy atom. The van der Waals surface area contributed by atoms with Crippen molar-refractivity contribution in [3.63, 3.8) is 0 Å². The molecule has 0 aliphatic heterocycles. The molecular formula is C12H34N2O2Si3. The zero-order valence-electron chi connectivity index (χ0n) is 13.5. The largest absolute Gasteiger partial charge is 0.454 e. The molecule has 0 radical (unpaired) electrons. The van der Waals surface area contributed by atoms with Crippen LogP contribution in [0.25, 0.3) is 0 Å². The molecule has 0 aliphatic carbocycles. The van der Waals surface area contributed by atoms with Crippen molar-refractivity contribution in [3.8, 4) is 0 Å². The lowest BCUT2D eigenvalue weighted by Crippen LogP contribution is -2.48. The first-order valence-corrected chi connectivity index (χ1v) is 16.1. The Bertz CT molecular complexity index is 241. The van der Waals surface area contributed by atoms with E-state index in [1.807, 2.05) is 0 Å². The summed E-state index contributed by atoms with van der Waals surface area (Å²) in [6.07, 6.45) is 3.00. The molecule has 0 rings (SSSR count). The van der Waals surface area contributed by atoms with Gasteiger partial charge in [0.1, 0.15) is 0 Å². The summed E-state index contributed by atoms with van der Waals surface area (Å²) in [5.74, 6) is 0. The Balaban J connectivity index is 4.08. The van der Waals surface area contributed by atoms with E-state index in [-0.39, 0.29) is 0 Å². The van der Waals surface area contributed by atoms with Gasteiger partial charge in [0.05, 0.1) is 6.23 Å². The third-order valence-corrected chi connectivity index (χ3v) is 12.2. The van der Waals surface area contributed by atoms with E-state index in [9.17, 15) is 0 Å². The van der Waals surface area contributed by atoms with Gasteiger partial charge in [-0.25, -0.2) is 0 Å². The summed E-state index contributed by atoms with van der Waals surface area (Å²) in [6.45, 7) is 12.9. The Morgan fingerprint density at radius 2 is 1.53 bits per heavy atom. The molecule has 0 bridgehead atoms. The van der Waals surface area contributed by atoms with Crippen LogP contribution in [0.15, 0.2) is 0 Å². The summed E-state index contributed by atoms with van der Waals surface area (Å²) in [5.41, 5.74) is 11.1. The minimum absolute atomic E-state index is 0.765. The minimum atomic E-state index is -1.69. The molecule has 4 N–H and O–H groups in total. The molecule has 0 aromatic heterocycles. The van der Waals surface area contributed by atoms with Crippen molar-refractivity contribution in [2.24, 2.45) is 11.5 Å². The average molecular weight is 323 g/mol. The molecule has 0 amide bonds. The second-order valence-corrected chi connectivity index (χ2v) is 17.7. The van der Waals surface area contributed by atoms with Crippen LogP contribution < -0.4 is 11.5 Å². The van der Waals surface area contributed by atoms with Gasteiger partial charge in [-0.15, -0.1) is 0 Å². The maximum absolute atomic E-state index is 6.48. The Hall–Kier alpha value is 0.491. The van der Waals surface area contributed by atoms with E-state index in [1.54, 1.807) is 0 Å². The van der Waals surface area contributed by atoms with Gasteiger partial charge in [0.2, 0.25) is 0 Å². The second kappa shape index (κ2) is 9.43. The van der Waals surface area contributed by atoms with Crippen molar-refractivity contribution >= 4 is 25.7 Å². The first-order chi connectivity index (χ1) is 8.72. The van der Waals surface area contributed by atoms with Crippen LogP contribution in [0, 0.1) is 0 Å². The molecule has 0 heterocycles. The van der Waals surface area contributed by atoms with Crippen molar-refractivity contribution in [2.75, 3.05) is 19.3 Å². The van der Waals surface area contributed by atoms with E-state index in [4.69, 9.17) is 20.0 Å². The first-order valence-electron chi connectivity index (χ1n) is 7.44. The fourth-order valence-corrected chi connectivity index (χ4v) is 13.6. The van der Waals surface area contributed by atoms with Crippen molar-refractivity contribution in [1.29, 1.82) is 0 Å². The molecule has 1 atom stereocenters. The van der Waals surface area contributed by atoms with Crippen LogP contribution in [-0.2, 0) is 8.54 Å². The fourth-order valence-electron chi connectivity index (χ4n) is 2.19. The molecule has 0 aliphatic rings. The minimum Gasteiger partial charge on any atom is -0.454 e. The number of hydrogen-bond donors (Lipinski definition) is 2. The normalized spacial score (nSPS) is 14.7. The van der Waals surface area contributed by atoms with Gasteiger partial charge in [-0.3, -0.25) is 0 Å². The maximum atomic E-state index is 6.48. The molecule has 4 nitrogen and oxygen atoms in total. The molecule has 0 aromatic rings. The smallest absolute Gasteiger partial charge is 0.198 e. The van der Waals surface area contributed by atoms with Crippen LogP contribution in [0.3, 0.4) is 0 Å². The van der Waals surface area contributed by atoms with Crippen LogP contribution in [0.4, 0.5) is 0 Å². The molecular weight excluding hydrogens is 288 g/mol. The standard InChI is InChI=1S/C12H34N2O2Si3/c1-17(10-6-8-13)15-12-19(4,5)16-18(2,3)11-7-9-14/h17H,6-14H2,1-5H3. The highest BCUT2D eigenvalue weighted by Crippen LogP contribution is 2.20. The van der Waals surface area contributed by atoms with Crippen molar-refractivity contribution in [3.05, 3.63) is 0 Å². The number of nitrogens with two attached hydrogens (primary N) is 2. The predicted molar refractivity (Wildman–Crippen MR) is 92.0 cm³/mol. The first kappa shape index (κ1) is 19.5. The van der Waals surface area contributed by atoms with Crippen molar-refractivity contribution in [1.82, 2.24) is 0 Å². The highest BCUT2D eigenvalue weighted by Gasteiger charge is 2.33. The summed E-state index contributed by atoms with van der Waals surface area (Å²) in [4.78, 5) is 0. The Kier molecular flexibility index (Phi) is 9.67. The van der Waals surface area contributed by atoms with Crippen LogP contribution in [-0.4, -0.2) is 45.0 Å². The monoisotopic (exact) mass is 322 g/mol. The third kappa shape index (κ3) is 10.9. The lowest BCUT2D eigenvalue weighted by molar-refractivity contribution is 0.355. The molecule has 116 valence electrons. The highest BCUT2D eigenvalue weighted by molar-refractivity contribution is 6.85. The van der Waals surface area contributed by atoms with Gasteiger partial charge in [-0.05, 0) is 70.8 Å². The van der Waals surface area contributed by atoms with E-state index in [0.717, 1.165) is 38.2 Å². The zero-order chi connectivity index (χ0) is 14.9. The molecule has 1 unspecified atom stereocenters. The summed E-state index contributed by atoms with van der Waals surface area (Å²) in [7, 11) is -4.29. The second-order valence-electron chi connectivity index (χ2n) is 6.57. The van der Waals surface area contributed by atoms with E-state index in [0.29, 0.717) is 0 Å². The molecule has 0 fully saturated rings. The summed E-state index contributed by atoms with van der Waals surface area (Å²) in [5, 5.41) is 0. The number of hydrogen-bond acceptors (Lipinski definition) is 4. The Morgan fingerprint density at radius 1 is 0.947 bits per heavy atom. The van der Waals surface area contributed by atoms with E-state index < -0.39 is 25.7 Å². The van der Waals surface area contributed by atoms with Gasteiger partial charge in [-0.2, -0.15) is 0 Å². The van der Waals surface area contributed by atoms with Gasteiger partial charge < -0.3 is 20.0 Å². The maximum Gasteiger partial charge on any atom is 0.198 e. The van der Waals surface area contributed by atoms with Crippen molar-refractivity contribution < 1.29 is 8.54 Å². The van der Waals surface area contributed by atoms with Gasteiger partial charge in [0.25, 0.3) is 0 Å². The lowest BCUT2D eigenvalue weighted by atomic mass is 10.5. The zero-order valence-corrected chi connectivity index (χ0v) is 16.7. The highest BCUT2D eigenvalue weighted by atomic mass is 28.4. The molecule has 0 saturated heterocycles. The van der Waals surface area contributed by atoms with Gasteiger partial charge in [-0.1, -0.05) is 0 Å². The Labute approximate surface area is 123 Å². The SMILES string of the molecule is C[SiH](CCCN)OC[Si](C)(C)O[Si](C)(C)CCCN. The molecule has 0 saturated carbocycles. The van der Waals surface area contributed by atoms with Crippen LogP contribution >= 0.6 is 0 Å². The average Bonchev–Trinajstić information content (AvgIpc) is 2.30. The van der Waals surface area contributed by atoms with Crippen LogP contribution in [0.5, 0.6) is 0 Å². The predicted octanol–water partition coefficient (Wildman–Crippen LogP) is 2.02. The van der Waals surface area contributed by atoms with Gasteiger partial charge in [0.15, 0.2) is 25.7 Å². The van der Waals surface area contributed by atoms with Crippen LogP contribution in [0.1, 0.15) is 12.8 Å². The summed E-state index contributed by atoms with van der Waals surface area (Å²) >= 11 is 0. The van der Waals surface area contributed by atoms with E-state index in [2.05, 4.69) is 32.7 Å². The molecule has 19 heavy (non-hydrogen) atoms. The van der Waals surface area contributed by atoms with Gasteiger partial charge in [0, 0.05) is 0 Å². The lowest BCUT2D eigenvalue weighted by Gasteiger charge is -2.34. The summed E-state index contributed by atoms with van der Waals surface area (Å²) < 4.78 is 12.6. The molecule has 7 heteroatoms. The summed E-state index contributed by atoms with van der Waals surface area (Å²) in [6, 6.07) is 2.33. The molecule has 0 aromatic carbocycles. The van der Waals surface area contributed by atoms with Crippen LogP contribution in [0.2, 0.25) is 44.8 Å². The van der Waals surface area contributed by atoms with Gasteiger partial charge >= 0.3 is 0 Å². The fraction of sp³-hybridized carbons (Fsp3) is 1.00. The number of rotatable bonds is 11. The molecule has 0 spiro atoms. The third-order valence-electron chi connectivity index (χ3n) is 3.07. The topological polar surface area (TPSA) is 70.5 Å². The van der Waals surface area contributed by atoms with Crippen molar-refractivity contribution in [2.45, 2.75) is 57.7 Å². The van der Waals surface area contributed by atoms with E-state index >= 15 is 0 Å². The quantitative estimate of drug-likeness (QED) is 0.571.